The van der Waals surface area contributed by atoms with Crippen molar-refractivity contribution < 1.29 is 0 Å². The van der Waals surface area contributed by atoms with Crippen LogP contribution < -0.4 is 21.5 Å². The summed E-state index contributed by atoms with van der Waals surface area (Å²) in [6.45, 7) is 0. The van der Waals surface area contributed by atoms with Crippen LogP contribution in [0.5, 0.6) is 0 Å². The maximum atomic E-state index is 11.8. The summed E-state index contributed by atoms with van der Waals surface area (Å²) in [5, 5.41) is 3.71. The molecule has 98 valence electrons. The molecule has 0 atom stereocenters. The lowest BCUT2D eigenvalue weighted by Crippen LogP contribution is -2.31. The first-order valence-electron chi connectivity index (χ1n) is 5.34. The van der Waals surface area contributed by atoms with Crippen molar-refractivity contribution in [3.05, 3.63) is 43.0 Å². The summed E-state index contributed by atoms with van der Waals surface area (Å²) in [6, 6.07) is 3.29. The van der Waals surface area contributed by atoms with Crippen molar-refractivity contribution >= 4 is 46.1 Å². The molecule has 1 aromatic carbocycles. The summed E-state index contributed by atoms with van der Waals surface area (Å²) in [6.07, 6.45) is 0. The highest BCUT2D eigenvalue weighted by Crippen LogP contribution is 2.42. The normalized spacial score (nSPS) is 12.7. The van der Waals surface area contributed by atoms with E-state index in [0.717, 1.165) is 0 Å². The fourth-order valence-electron chi connectivity index (χ4n) is 2.01. The Labute approximate surface area is 117 Å². The number of halogens is 2. The number of hydrogen-bond acceptors (Lipinski definition) is 4. The smallest absolute Gasteiger partial charge is 0.327 e. The molecule has 3 N–H and O–H groups in total. The quantitative estimate of drug-likeness (QED) is 0.696. The van der Waals surface area contributed by atoms with Gasteiger partial charge in [-0.3, -0.25) is 14.8 Å². The summed E-state index contributed by atoms with van der Waals surface area (Å²) in [4.78, 5) is 29.5. The van der Waals surface area contributed by atoms with E-state index in [1.807, 2.05) is 0 Å². The molecular formula is C11H8Cl2N4O2. The summed E-state index contributed by atoms with van der Waals surface area (Å²) in [5.74, 6) is 0.375. The van der Waals surface area contributed by atoms with Gasteiger partial charge < -0.3 is 10.2 Å². The van der Waals surface area contributed by atoms with Crippen molar-refractivity contribution in [2.75, 3.05) is 17.3 Å². The van der Waals surface area contributed by atoms with Crippen LogP contribution in [0.4, 0.5) is 22.9 Å². The Morgan fingerprint density at radius 3 is 2.53 bits per heavy atom. The molecule has 2 heterocycles. The average molecular weight is 299 g/mol. The molecule has 0 unspecified atom stereocenters. The molecule has 0 bridgehead atoms. The molecule has 0 radical (unpaired) electrons. The highest BCUT2D eigenvalue weighted by molar-refractivity contribution is 6.42. The predicted molar refractivity (Wildman–Crippen MR) is 75.5 cm³/mol. The molecular weight excluding hydrogens is 291 g/mol. The lowest BCUT2D eigenvalue weighted by atomic mass is 10.2. The van der Waals surface area contributed by atoms with Crippen LogP contribution in [0.1, 0.15) is 0 Å². The predicted octanol–water partition coefficient (Wildman–Crippen LogP) is 2.19. The molecule has 0 spiro atoms. The number of nitrogens with one attached hydrogen (secondary N) is 3. The minimum Gasteiger partial charge on any atom is -0.346 e. The van der Waals surface area contributed by atoms with Gasteiger partial charge >= 0.3 is 5.69 Å². The van der Waals surface area contributed by atoms with Gasteiger partial charge in [0.25, 0.3) is 5.56 Å². The molecule has 0 saturated carbocycles. The number of fused-ring (bicyclic) bond motifs is 2. The van der Waals surface area contributed by atoms with Gasteiger partial charge in [0.1, 0.15) is 11.5 Å². The summed E-state index contributed by atoms with van der Waals surface area (Å²) < 4.78 is 0. The van der Waals surface area contributed by atoms with Crippen LogP contribution in [0, 0.1) is 0 Å². The topological polar surface area (TPSA) is 81.0 Å². The third-order valence-electron chi connectivity index (χ3n) is 2.92. The molecule has 3 rings (SSSR count). The number of hydrogen-bond donors (Lipinski definition) is 3. The summed E-state index contributed by atoms with van der Waals surface area (Å²) >= 11 is 11.9. The van der Waals surface area contributed by atoms with Crippen LogP contribution in [0.25, 0.3) is 0 Å². The molecule has 0 saturated heterocycles. The zero-order valence-electron chi connectivity index (χ0n) is 9.67. The Balaban J connectivity index is 2.28. The van der Waals surface area contributed by atoms with E-state index >= 15 is 0 Å². The van der Waals surface area contributed by atoms with Gasteiger partial charge in [-0.05, 0) is 12.1 Å². The Kier molecular flexibility index (Phi) is 2.58. The molecule has 2 aromatic rings. The van der Waals surface area contributed by atoms with Crippen molar-refractivity contribution in [1.29, 1.82) is 0 Å². The first kappa shape index (κ1) is 12.1. The van der Waals surface area contributed by atoms with Crippen LogP contribution in [-0.2, 0) is 0 Å². The largest absolute Gasteiger partial charge is 0.346 e. The lowest BCUT2D eigenvalue weighted by Gasteiger charge is -2.29. The van der Waals surface area contributed by atoms with E-state index in [1.54, 1.807) is 24.1 Å². The first-order chi connectivity index (χ1) is 8.97. The van der Waals surface area contributed by atoms with Gasteiger partial charge in [0.15, 0.2) is 0 Å². The zero-order valence-corrected chi connectivity index (χ0v) is 11.2. The number of aromatic amines is 2. The van der Waals surface area contributed by atoms with Gasteiger partial charge in [-0.15, -0.1) is 0 Å². The van der Waals surface area contributed by atoms with E-state index in [1.165, 1.54) is 0 Å². The first-order valence-corrected chi connectivity index (χ1v) is 6.09. The van der Waals surface area contributed by atoms with Gasteiger partial charge in [-0.25, -0.2) is 4.79 Å². The minimum atomic E-state index is -0.569. The molecule has 0 aliphatic carbocycles. The number of benzene rings is 1. The summed E-state index contributed by atoms with van der Waals surface area (Å²) in [5.41, 5.74) is 0.543. The number of H-pyrrole nitrogens is 2. The molecule has 6 nitrogen and oxygen atoms in total. The fraction of sp³-hybridized carbons (Fsp3) is 0.0909. The van der Waals surface area contributed by atoms with E-state index in [0.29, 0.717) is 27.2 Å². The van der Waals surface area contributed by atoms with E-state index < -0.39 is 11.2 Å². The Morgan fingerprint density at radius 1 is 1.11 bits per heavy atom. The standard InChI is InChI=1S/C11H8Cl2N4O2/c1-17-7-3-5(13)4(12)2-6(7)14-8-9(17)15-11(19)16-10(8)18/h2-3,14H,1H3,(H2,15,16,18,19). The minimum absolute atomic E-state index is 0.257. The second-order valence-electron chi connectivity index (χ2n) is 4.10. The molecule has 1 aliphatic heterocycles. The monoisotopic (exact) mass is 298 g/mol. The molecule has 19 heavy (non-hydrogen) atoms. The average Bonchev–Trinajstić information content (AvgIpc) is 2.34. The van der Waals surface area contributed by atoms with Crippen LogP contribution in [0.15, 0.2) is 21.7 Å². The number of aromatic nitrogens is 2. The second kappa shape index (κ2) is 4.04. The third-order valence-corrected chi connectivity index (χ3v) is 3.64. The van der Waals surface area contributed by atoms with Crippen molar-refractivity contribution in [1.82, 2.24) is 9.97 Å². The van der Waals surface area contributed by atoms with Crippen molar-refractivity contribution in [3.8, 4) is 0 Å². The van der Waals surface area contributed by atoms with Gasteiger partial charge in [0, 0.05) is 7.05 Å². The fourth-order valence-corrected chi connectivity index (χ4v) is 2.33. The van der Waals surface area contributed by atoms with E-state index in [4.69, 9.17) is 23.2 Å². The van der Waals surface area contributed by atoms with E-state index in [2.05, 4.69) is 15.3 Å². The van der Waals surface area contributed by atoms with Crippen molar-refractivity contribution in [2.24, 2.45) is 0 Å². The Hall–Kier alpha value is -1.92. The maximum Gasteiger partial charge on any atom is 0.327 e. The van der Waals surface area contributed by atoms with Crippen molar-refractivity contribution in [2.45, 2.75) is 0 Å². The summed E-state index contributed by atoms with van der Waals surface area (Å²) in [7, 11) is 1.72. The molecule has 8 heteroatoms. The zero-order chi connectivity index (χ0) is 13.7. The molecule has 1 aromatic heterocycles. The van der Waals surface area contributed by atoms with Gasteiger partial charge in [-0.1, -0.05) is 23.2 Å². The molecule has 0 fully saturated rings. The highest BCUT2D eigenvalue weighted by atomic mass is 35.5. The van der Waals surface area contributed by atoms with Crippen LogP contribution in [0.3, 0.4) is 0 Å². The van der Waals surface area contributed by atoms with Crippen LogP contribution in [-0.4, -0.2) is 17.0 Å². The van der Waals surface area contributed by atoms with Crippen molar-refractivity contribution in [3.63, 3.8) is 0 Å². The second-order valence-corrected chi connectivity index (χ2v) is 4.91. The lowest BCUT2D eigenvalue weighted by molar-refractivity contribution is 0.992. The Morgan fingerprint density at radius 2 is 1.79 bits per heavy atom. The number of anilines is 4. The number of nitrogens with zero attached hydrogens (tertiary/aromatic N) is 1. The van der Waals surface area contributed by atoms with Crippen LogP contribution in [0.2, 0.25) is 10.0 Å². The van der Waals surface area contributed by atoms with E-state index in [-0.39, 0.29) is 5.69 Å². The third kappa shape index (κ3) is 1.80. The van der Waals surface area contributed by atoms with Gasteiger partial charge in [0.2, 0.25) is 0 Å². The van der Waals surface area contributed by atoms with Crippen LogP contribution >= 0.6 is 23.2 Å². The van der Waals surface area contributed by atoms with Gasteiger partial charge in [0.05, 0.1) is 21.4 Å². The number of rotatable bonds is 0. The highest BCUT2D eigenvalue weighted by Gasteiger charge is 2.24. The SMILES string of the molecule is CN1c2cc(Cl)c(Cl)cc2Nc2c1[nH]c(=O)[nH]c2=O. The molecule has 0 amide bonds. The Bertz CT molecular complexity index is 796. The van der Waals surface area contributed by atoms with Gasteiger partial charge in [-0.2, -0.15) is 0 Å². The molecule has 1 aliphatic rings. The van der Waals surface area contributed by atoms with E-state index in [9.17, 15) is 9.59 Å². The maximum absolute atomic E-state index is 11.8.